The number of nitrogens with one attached hydrogen (secondary N) is 1. The molecule has 0 saturated heterocycles. The Morgan fingerprint density at radius 1 is 1.30 bits per heavy atom. The highest BCUT2D eigenvalue weighted by molar-refractivity contribution is 5.95. The average Bonchev–Trinajstić information content (AvgIpc) is 2.87. The third-order valence-electron chi connectivity index (χ3n) is 3.31. The Morgan fingerprint density at radius 3 is 2.65 bits per heavy atom. The number of aromatic carboxylic acids is 1. The summed E-state index contributed by atoms with van der Waals surface area (Å²) in [5, 5.41) is 15.3. The lowest BCUT2D eigenvalue weighted by molar-refractivity contribution is 0.0689. The van der Waals surface area contributed by atoms with Crippen molar-refractivity contribution in [1.29, 1.82) is 0 Å². The van der Waals surface area contributed by atoms with Gasteiger partial charge in [0.1, 0.15) is 18.1 Å². The van der Waals surface area contributed by atoms with Crippen LogP contribution in [0, 0.1) is 13.8 Å². The van der Waals surface area contributed by atoms with Crippen molar-refractivity contribution in [3.8, 4) is 5.75 Å². The lowest BCUT2D eigenvalue weighted by Gasteiger charge is -2.10. The van der Waals surface area contributed by atoms with E-state index in [9.17, 15) is 9.59 Å². The van der Waals surface area contributed by atoms with Gasteiger partial charge < -0.3 is 15.2 Å². The fraction of sp³-hybridized carbons (Fsp3) is 0.312. The summed E-state index contributed by atoms with van der Waals surface area (Å²) in [6, 6.07) is 7.12. The fourth-order valence-corrected chi connectivity index (χ4v) is 2.16. The van der Waals surface area contributed by atoms with E-state index in [1.165, 1.54) is 17.8 Å². The van der Waals surface area contributed by atoms with Gasteiger partial charge in [-0.15, -0.1) is 0 Å². The summed E-state index contributed by atoms with van der Waals surface area (Å²) in [4.78, 5) is 22.8. The molecule has 0 fully saturated rings. The number of hydrogen-bond acceptors (Lipinski definition) is 4. The number of carbonyl (C=O) groups is 2. The van der Waals surface area contributed by atoms with E-state index in [1.54, 1.807) is 0 Å². The molecule has 1 heterocycles. The zero-order valence-electron chi connectivity index (χ0n) is 13.3. The molecule has 2 rings (SSSR count). The van der Waals surface area contributed by atoms with Gasteiger partial charge in [0.2, 0.25) is 0 Å². The van der Waals surface area contributed by atoms with Gasteiger partial charge in [-0.1, -0.05) is 17.7 Å². The number of rotatable bonds is 6. The maximum Gasteiger partial charge on any atom is 0.356 e. The van der Waals surface area contributed by atoms with Crippen LogP contribution in [-0.4, -0.2) is 39.9 Å². The highest BCUT2D eigenvalue weighted by atomic mass is 16.5. The van der Waals surface area contributed by atoms with Crippen LogP contribution in [0.2, 0.25) is 0 Å². The van der Waals surface area contributed by atoms with E-state index in [0.717, 1.165) is 16.9 Å². The van der Waals surface area contributed by atoms with Crippen molar-refractivity contribution >= 4 is 11.9 Å². The molecule has 7 heteroatoms. The second-order valence-electron chi connectivity index (χ2n) is 5.22. The van der Waals surface area contributed by atoms with Gasteiger partial charge in [0.25, 0.3) is 5.91 Å². The van der Waals surface area contributed by atoms with Crippen molar-refractivity contribution in [3.63, 3.8) is 0 Å². The van der Waals surface area contributed by atoms with Gasteiger partial charge in [0.05, 0.1) is 6.54 Å². The van der Waals surface area contributed by atoms with Crippen molar-refractivity contribution in [2.24, 2.45) is 7.05 Å². The molecular weight excluding hydrogens is 298 g/mol. The van der Waals surface area contributed by atoms with E-state index in [2.05, 4.69) is 10.4 Å². The van der Waals surface area contributed by atoms with Gasteiger partial charge in [-0.2, -0.15) is 5.10 Å². The van der Waals surface area contributed by atoms with Gasteiger partial charge in [-0.25, -0.2) is 4.79 Å². The van der Waals surface area contributed by atoms with Crippen LogP contribution in [0.5, 0.6) is 5.75 Å². The molecule has 23 heavy (non-hydrogen) atoms. The zero-order valence-corrected chi connectivity index (χ0v) is 13.3. The minimum absolute atomic E-state index is 0.163. The van der Waals surface area contributed by atoms with E-state index in [-0.39, 0.29) is 11.4 Å². The number of amides is 1. The summed E-state index contributed by atoms with van der Waals surface area (Å²) in [5.41, 5.74) is 2.22. The number of carboxylic acid groups (broad SMARTS) is 1. The Balaban J connectivity index is 1.86. The Morgan fingerprint density at radius 2 is 2.04 bits per heavy atom. The standard InChI is InChI=1S/C16H19N3O4/c1-10-4-5-14(11(2)8-10)23-7-6-17-15(20)13-9-12(16(21)22)18-19(13)3/h4-5,8-9H,6-7H2,1-3H3,(H,17,20)(H,21,22). The second kappa shape index (κ2) is 6.95. The molecule has 0 bridgehead atoms. The predicted molar refractivity (Wildman–Crippen MR) is 83.9 cm³/mol. The molecule has 122 valence electrons. The summed E-state index contributed by atoms with van der Waals surface area (Å²) in [6.07, 6.45) is 0. The molecule has 0 aliphatic carbocycles. The molecule has 0 saturated carbocycles. The third-order valence-corrected chi connectivity index (χ3v) is 3.31. The van der Waals surface area contributed by atoms with Crippen LogP contribution in [0.15, 0.2) is 24.3 Å². The van der Waals surface area contributed by atoms with Crippen LogP contribution in [0.3, 0.4) is 0 Å². The van der Waals surface area contributed by atoms with Gasteiger partial charge in [-0.3, -0.25) is 9.48 Å². The first-order valence-electron chi connectivity index (χ1n) is 7.14. The van der Waals surface area contributed by atoms with Crippen LogP contribution in [0.1, 0.15) is 32.1 Å². The molecule has 0 aliphatic rings. The molecule has 7 nitrogen and oxygen atoms in total. The van der Waals surface area contributed by atoms with Gasteiger partial charge in [0.15, 0.2) is 5.69 Å². The van der Waals surface area contributed by atoms with Crippen LogP contribution < -0.4 is 10.1 Å². The van der Waals surface area contributed by atoms with Crippen LogP contribution >= 0.6 is 0 Å². The molecule has 2 N–H and O–H groups in total. The topological polar surface area (TPSA) is 93.4 Å². The Bertz CT molecular complexity index is 737. The lowest BCUT2D eigenvalue weighted by Crippen LogP contribution is -2.29. The SMILES string of the molecule is Cc1ccc(OCCNC(=O)c2cc(C(=O)O)nn2C)c(C)c1. The number of carboxylic acids is 1. The number of hydrogen-bond donors (Lipinski definition) is 2. The zero-order chi connectivity index (χ0) is 17.0. The van der Waals surface area contributed by atoms with Gasteiger partial charge in [-0.05, 0) is 25.5 Å². The number of carbonyl (C=O) groups excluding carboxylic acids is 1. The smallest absolute Gasteiger partial charge is 0.356 e. The van der Waals surface area contributed by atoms with Crippen LogP contribution in [-0.2, 0) is 7.05 Å². The maximum atomic E-state index is 12.0. The molecule has 2 aromatic rings. The quantitative estimate of drug-likeness (QED) is 0.788. The van der Waals surface area contributed by atoms with Gasteiger partial charge in [0, 0.05) is 13.1 Å². The Labute approximate surface area is 133 Å². The Hall–Kier alpha value is -2.83. The third kappa shape index (κ3) is 4.09. The van der Waals surface area contributed by atoms with Crippen molar-refractivity contribution < 1.29 is 19.4 Å². The second-order valence-corrected chi connectivity index (χ2v) is 5.22. The summed E-state index contributed by atoms with van der Waals surface area (Å²) in [6.45, 7) is 4.60. The summed E-state index contributed by atoms with van der Waals surface area (Å²) in [5.74, 6) is -0.784. The van der Waals surface area contributed by atoms with Crippen LogP contribution in [0.25, 0.3) is 0 Å². The van der Waals surface area contributed by atoms with E-state index >= 15 is 0 Å². The number of nitrogens with zero attached hydrogens (tertiary/aromatic N) is 2. The van der Waals surface area contributed by atoms with E-state index in [4.69, 9.17) is 9.84 Å². The van der Waals surface area contributed by atoms with Crippen molar-refractivity contribution in [2.45, 2.75) is 13.8 Å². The predicted octanol–water partition coefficient (Wildman–Crippen LogP) is 1.54. The summed E-state index contributed by atoms with van der Waals surface area (Å²) < 4.78 is 6.86. The molecule has 1 aromatic heterocycles. The largest absolute Gasteiger partial charge is 0.491 e. The molecule has 0 aliphatic heterocycles. The lowest BCUT2D eigenvalue weighted by atomic mass is 10.1. The van der Waals surface area contributed by atoms with Crippen molar-refractivity contribution in [1.82, 2.24) is 15.1 Å². The first-order chi connectivity index (χ1) is 10.9. The van der Waals surface area contributed by atoms with E-state index in [0.29, 0.717) is 13.2 Å². The Kier molecular flexibility index (Phi) is 5.00. The first kappa shape index (κ1) is 16.5. The molecule has 0 unspecified atom stereocenters. The highest BCUT2D eigenvalue weighted by Crippen LogP contribution is 2.18. The summed E-state index contributed by atoms with van der Waals surface area (Å²) in [7, 11) is 1.52. The first-order valence-corrected chi connectivity index (χ1v) is 7.14. The maximum absolute atomic E-state index is 12.0. The van der Waals surface area contributed by atoms with Crippen LogP contribution in [0.4, 0.5) is 0 Å². The van der Waals surface area contributed by atoms with E-state index < -0.39 is 11.9 Å². The molecule has 1 aromatic carbocycles. The minimum Gasteiger partial charge on any atom is -0.491 e. The number of benzene rings is 1. The summed E-state index contributed by atoms with van der Waals surface area (Å²) >= 11 is 0. The molecule has 1 amide bonds. The molecule has 0 atom stereocenters. The number of ether oxygens (including phenoxy) is 1. The molecule has 0 radical (unpaired) electrons. The van der Waals surface area contributed by atoms with E-state index in [1.807, 2.05) is 32.0 Å². The minimum atomic E-state index is -1.17. The highest BCUT2D eigenvalue weighted by Gasteiger charge is 2.16. The monoisotopic (exact) mass is 317 g/mol. The normalized spacial score (nSPS) is 10.4. The van der Waals surface area contributed by atoms with Crippen molar-refractivity contribution in [3.05, 3.63) is 46.8 Å². The fourth-order valence-electron chi connectivity index (χ4n) is 2.16. The van der Waals surface area contributed by atoms with Crippen molar-refractivity contribution in [2.75, 3.05) is 13.2 Å². The number of aryl methyl sites for hydroxylation is 3. The molecule has 0 spiro atoms. The molecular formula is C16H19N3O4. The average molecular weight is 317 g/mol. The number of aromatic nitrogens is 2. The van der Waals surface area contributed by atoms with Gasteiger partial charge >= 0.3 is 5.97 Å².